The van der Waals surface area contributed by atoms with Gasteiger partial charge in [-0.2, -0.15) is 8.78 Å². The molecular formula is C17H24F2N2O3. The fourth-order valence-electron chi connectivity index (χ4n) is 2.81. The van der Waals surface area contributed by atoms with E-state index in [1.54, 1.807) is 12.1 Å². The molecule has 1 aliphatic heterocycles. The first-order valence-corrected chi connectivity index (χ1v) is 8.17. The van der Waals surface area contributed by atoms with Crippen molar-refractivity contribution in [2.45, 2.75) is 38.8 Å². The van der Waals surface area contributed by atoms with Crippen LogP contribution in [0.15, 0.2) is 18.2 Å². The molecule has 1 amide bonds. The van der Waals surface area contributed by atoms with Crippen LogP contribution in [0.4, 0.5) is 8.78 Å². The number of benzene rings is 1. The normalized spacial score (nSPS) is 15.3. The van der Waals surface area contributed by atoms with Gasteiger partial charge in [0.25, 0.3) is 0 Å². The molecule has 1 saturated heterocycles. The molecule has 0 radical (unpaired) electrons. The summed E-state index contributed by atoms with van der Waals surface area (Å²) in [6.45, 7) is -0.612. The Balaban J connectivity index is 1.80. The summed E-state index contributed by atoms with van der Waals surface area (Å²) in [6.07, 6.45) is 3.59. The Morgan fingerprint density at radius 3 is 2.75 bits per heavy atom. The van der Waals surface area contributed by atoms with Crippen LogP contribution in [0.1, 0.15) is 31.2 Å². The predicted molar refractivity (Wildman–Crippen MR) is 86.3 cm³/mol. The van der Waals surface area contributed by atoms with Crippen molar-refractivity contribution >= 4 is 5.91 Å². The molecule has 1 aromatic rings. The number of nitrogens with one attached hydrogen (secondary N) is 2. The molecule has 0 spiro atoms. The van der Waals surface area contributed by atoms with Gasteiger partial charge in [-0.3, -0.25) is 4.79 Å². The molecule has 0 aliphatic carbocycles. The lowest BCUT2D eigenvalue weighted by Gasteiger charge is -2.22. The topological polar surface area (TPSA) is 59.6 Å². The van der Waals surface area contributed by atoms with Gasteiger partial charge in [-0.15, -0.1) is 0 Å². The third kappa shape index (κ3) is 5.96. The highest BCUT2D eigenvalue weighted by Crippen LogP contribution is 2.29. The van der Waals surface area contributed by atoms with Crippen LogP contribution in [0.5, 0.6) is 11.5 Å². The zero-order valence-electron chi connectivity index (χ0n) is 13.8. The third-order valence-corrected chi connectivity index (χ3v) is 4.17. The van der Waals surface area contributed by atoms with Gasteiger partial charge in [0.15, 0.2) is 11.5 Å². The predicted octanol–water partition coefficient (Wildman–Crippen LogP) is 2.69. The van der Waals surface area contributed by atoms with Crippen molar-refractivity contribution in [1.82, 2.24) is 10.6 Å². The molecule has 2 N–H and O–H groups in total. The van der Waals surface area contributed by atoms with E-state index in [0.29, 0.717) is 17.9 Å². The van der Waals surface area contributed by atoms with Gasteiger partial charge in [0.2, 0.25) is 5.91 Å². The highest BCUT2D eigenvalue weighted by molar-refractivity contribution is 5.75. The van der Waals surface area contributed by atoms with Gasteiger partial charge in [0, 0.05) is 13.0 Å². The number of amides is 1. The maximum atomic E-state index is 12.4. The van der Waals surface area contributed by atoms with E-state index >= 15 is 0 Å². The van der Waals surface area contributed by atoms with Gasteiger partial charge < -0.3 is 20.1 Å². The number of ether oxygens (including phenoxy) is 2. The Morgan fingerprint density at radius 1 is 1.33 bits per heavy atom. The molecule has 7 heteroatoms. The van der Waals surface area contributed by atoms with Crippen molar-refractivity contribution in [2.75, 3.05) is 20.2 Å². The van der Waals surface area contributed by atoms with E-state index in [1.807, 2.05) is 0 Å². The largest absolute Gasteiger partial charge is 0.493 e. The van der Waals surface area contributed by atoms with Crippen LogP contribution >= 0.6 is 0 Å². The first kappa shape index (κ1) is 18.4. The van der Waals surface area contributed by atoms with Crippen molar-refractivity contribution in [1.29, 1.82) is 0 Å². The summed E-state index contributed by atoms with van der Waals surface area (Å²) in [5.74, 6) is 0.773. The Bertz CT molecular complexity index is 535. The summed E-state index contributed by atoms with van der Waals surface area (Å²) in [4.78, 5) is 11.9. The monoisotopic (exact) mass is 342 g/mol. The fourth-order valence-corrected chi connectivity index (χ4v) is 2.81. The molecule has 0 atom stereocenters. The molecular weight excluding hydrogens is 318 g/mol. The Kier molecular flexibility index (Phi) is 7.24. The van der Waals surface area contributed by atoms with Gasteiger partial charge in [-0.1, -0.05) is 6.07 Å². The third-order valence-electron chi connectivity index (χ3n) is 4.17. The average molecular weight is 342 g/mol. The molecule has 5 nitrogen and oxygen atoms in total. The number of methoxy groups -OCH3 is 1. The van der Waals surface area contributed by atoms with Gasteiger partial charge in [-0.05, 0) is 56.0 Å². The van der Waals surface area contributed by atoms with Crippen LogP contribution in [0.3, 0.4) is 0 Å². The second kappa shape index (κ2) is 9.42. The lowest BCUT2D eigenvalue weighted by Crippen LogP contribution is -2.29. The lowest BCUT2D eigenvalue weighted by molar-refractivity contribution is -0.121. The SMILES string of the molecule is COc1ccc(CNC(=O)CCC2CCNCC2)cc1OC(F)F. The van der Waals surface area contributed by atoms with Gasteiger partial charge in [0.1, 0.15) is 0 Å². The molecule has 2 rings (SSSR count). The molecule has 0 saturated carbocycles. The minimum Gasteiger partial charge on any atom is -0.493 e. The standard InChI is InChI=1S/C17H24F2N2O3/c1-23-14-4-2-13(10-15(14)24-17(18)19)11-21-16(22)5-3-12-6-8-20-9-7-12/h2,4,10,12,17,20H,3,5-9,11H2,1H3,(H,21,22). The van der Waals surface area contributed by atoms with E-state index in [4.69, 9.17) is 4.74 Å². The van der Waals surface area contributed by atoms with Crippen molar-refractivity contribution in [2.24, 2.45) is 5.92 Å². The fraction of sp³-hybridized carbons (Fsp3) is 0.588. The zero-order valence-corrected chi connectivity index (χ0v) is 13.8. The van der Waals surface area contributed by atoms with Crippen molar-refractivity contribution < 1.29 is 23.0 Å². The van der Waals surface area contributed by atoms with Crippen LogP contribution in [0, 0.1) is 5.92 Å². The highest BCUT2D eigenvalue weighted by atomic mass is 19.3. The summed E-state index contributed by atoms with van der Waals surface area (Å²) in [7, 11) is 1.38. The minimum atomic E-state index is -2.92. The van der Waals surface area contributed by atoms with E-state index < -0.39 is 6.61 Å². The number of hydrogen-bond acceptors (Lipinski definition) is 4. The number of rotatable bonds is 8. The minimum absolute atomic E-state index is 0.0271. The van der Waals surface area contributed by atoms with Crippen molar-refractivity contribution in [3.05, 3.63) is 23.8 Å². The second-order valence-electron chi connectivity index (χ2n) is 5.87. The van der Waals surface area contributed by atoms with Gasteiger partial charge >= 0.3 is 6.61 Å². The summed E-state index contributed by atoms with van der Waals surface area (Å²) >= 11 is 0. The zero-order chi connectivity index (χ0) is 17.4. The number of carbonyl (C=O) groups is 1. The molecule has 1 aromatic carbocycles. The van der Waals surface area contributed by atoms with Gasteiger partial charge in [-0.25, -0.2) is 0 Å². The summed E-state index contributed by atoms with van der Waals surface area (Å²) in [5, 5.41) is 6.12. The van der Waals surface area contributed by atoms with Crippen molar-refractivity contribution in [3.63, 3.8) is 0 Å². The first-order chi connectivity index (χ1) is 11.6. The smallest absolute Gasteiger partial charge is 0.387 e. The van der Waals surface area contributed by atoms with Crippen LogP contribution in [-0.4, -0.2) is 32.7 Å². The molecule has 0 unspecified atom stereocenters. The first-order valence-electron chi connectivity index (χ1n) is 8.17. The molecule has 0 bridgehead atoms. The second-order valence-corrected chi connectivity index (χ2v) is 5.87. The summed E-state index contributed by atoms with van der Waals surface area (Å²) in [6, 6.07) is 4.72. The molecule has 24 heavy (non-hydrogen) atoms. The maximum Gasteiger partial charge on any atom is 0.387 e. The molecule has 1 aliphatic rings. The average Bonchev–Trinajstić information content (AvgIpc) is 2.58. The number of carbonyl (C=O) groups excluding carboxylic acids is 1. The number of piperidine rings is 1. The molecule has 1 heterocycles. The Labute approximate surface area is 140 Å². The van der Waals surface area contributed by atoms with E-state index in [1.165, 1.54) is 13.2 Å². The quantitative estimate of drug-likeness (QED) is 0.763. The summed E-state index contributed by atoms with van der Waals surface area (Å²) < 4.78 is 34.2. The van der Waals surface area contributed by atoms with E-state index in [2.05, 4.69) is 15.4 Å². The van der Waals surface area contributed by atoms with Crippen LogP contribution in [0.25, 0.3) is 0 Å². The van der Waals surface area contributed by atoms with Crippen LogP contribution in [0.2, 0.25) is 0 Å². The maximum absolute atomic E-state index is 12.4. The van der Waals surface area contributed by atoms with E-state index in [0.717, 1.165) is 32.4 Å². The van der Waals surface area contributed by atoms with Crippen LogP contribution in [-0.2, 0) is 11.3 Å². The molecule has 1 fully saturated rings. The van der Waals surface area contributed by atoms with Crippen molar-refractivity contribution in [3.8, 4) is 11.5 Å². The molecule has 134 valence electrons. The Morgan fingerprint density at radius 2 is 2.08 bits per heavy atom. The van der Waals surface area contributed by atoms with Gasteiger partial charge in [0.05, 0.1) is 7.11 Å². The number of hydrogen-bond donors (Lipinski definition) is 2. The molecule has 0 aromatic heterocycles. The number of alkyl halides is 2. The Hall–Kier alpha value is -1.89. The number of halogens is 2. The highest BCUT2D eigenvalue weighted by Gasteiger charge is 2.15. The van der Waals surface area contributed by atoms with E-state index in [9.17, 15) is 13.6 Å². The lowest BCUT2D eigenvalue weighted by atomic mass is 9.93. The van der Waals surface area contributed by atoms with E-state index in [-0.39, 0.29) is 24.0 Å². The van der Waals surface area contributed by atoms with Crippen LogP contribution < -0.4 is 20.1 Å². The summed E-state index contributed by atoms with van der Waals surface area (Å²) in [5.41, 5.74) is 0.682.